The first-order chi connectivity index (χ1) is 12.4. The zero-order chi connectivity index (χ0) is 18.8. The Morgan fingerprint density at radius 2 is 1.81 bits per heavy atom. The maximum Gasteiger partial charge on any atom is 0.337 e. The van der Waals surface area contributed by atoms with E-state index in [0.29, 0.717) is 29.8 Å². The zero-order valence-electron chi connectivity index (χ0n) is 14.3. The predicted molar refractivity (Wildman–Crippen MR) is 98.9 cm³/mol. The van der Waals surface area contributed by atoms with E-state index in [1.807, 2.05) is 0 Å². The summed E-state index contributed by atoms with van der Waals surface area (Å²) in [6, 6.07) is 11.5. The number of amides is 1. The molecule has 1 heterocycles. The van der Waals surface area contributed by atoms with E-state index in [2.05, 4.69) is 4.74 Å². The van der Waals surface area contributed by atoms with Crippen LogP contribution in [0.15, 0.2) is 42.5 Å². The molecule has 0 spiro atoms. The Morgan fingerprint density at radius 1 is 1.15 bits per heavy atom. The van der Waals surface area contributed by atoms with Crippen LogP contribution < -0.4 is 9.21 Å². The number of hydrogen-bond acceptors (Lipinski definition) is 4. The number of anilines is 3. The van der Waals surface area contributed by atoms with Gasteiger partial charge in [-0.15, -0.1) is 0 Å². The molecule has 2 aromatic rings. The van der Waals surface area contributed by atoms with Crippen LogP contribution in [-0.4, -0.2) is 34.8 Å². The van der Waals surface area contributed by atoms with Gasteiger partial charge in [0, 0.05) is 19.2 Å². The highest BCUT2D eigenvalue weighted by atomic mass is 32.2. The molecule has 0 fully saturated rings. The smallest absolute Gasteiger partial charge is 0.337 e. The first kappa shape index (κ1) is 18.1. The van der Waals surface area contributed by atoms with E-state index >= 15 is 0 Å². The Labute approximate surface area is 153 Å². The average molecular weight is 374 g/mol. The molecule has 2 aromatic carbocycles. The van der Waals surface area contributed by atoms with Gasteiger partial charge in [0.2, 0.25) is 5.91 Å². The number of aryl methyl sites for hydroxylation is 1. The summed E-state index contributed by atoms with van der Waals surface area (Å²) in [6.45, 7) is 0. The minimum absolute atomic E-state index is 0.0474. The van der Waals surface area contributed by atoms with Crippen LogP contribution in [0.1, 0.15) is 22.3 Å². The zero-order valence-corrected chi connectivity index (χ0v) is 15.2. The molecule has 0 bridgehead atoms. The maximum absolute atomic E-state index is 11.9. The van der Waals surface area contributed by atoms with Crippen molar-refractivity contribution < 1.29 is 23.1 Å². The van der Waals surface area contributed by atoms with Gasteiger partial charge in [-0.05, 0) is 54.4 Å². The predicted octanol–water partition coefficient (Wildman–Crippen LogP) is 2.66. The average Bonchev–Trinajstić information content (AvgIpc) is 2.64. The second kappa shape index (κ2) is 7.27. The van der Waals surface area contributed by atoms with Crippen molar-refractivity contribution in [2.45, 2.75) is 12.8 Å². The molecule has 1 unspecified atom stereocenters. The third kappa shape index (κ3) is 3.33. The molecule has 8 heteroatoms. The van der Waals surface area contributed by atoms with E-state index in [1.54, 1.807) is 42.3 Å². The Morgan fingerprint density at radius 3 is 2.42 bits per heavy atom. The number of ether oxygens (including phenoxy) is 1. The number of carbonyl (C=O) groups is 2. The molecule has 7 nitrogen and oxygen atoms in total. The molecule has 1 amide bonds. The molecular weight excluding hydrogens is 356 g/mol. The van der Waals surface area contributed by atoms with Gasteiger partial charge in [0.1, 0.15) is 0 Å². The van der Waals surface area contributed by atoms with Crippen molar-refractivity contribution in [3.63, 3.8) is 0 Å². The monoisotopic (exact) mass is 374 g/mol. The molecule has 1 N–H and O–H groups in total. The summed E-state index contributed by atoms with van der Waals surface area (Å²) >= 11 is -2.30. The summed E-state index contributed by atoms with van der Waals surface area (Å²) in [6.07, 6.45) is 0.989. The third-order valence-electron chi connectivity index (χ3n) is 4.32. The Balaban J connectivity index is 1.98. The van der Waals surface area contributed by atoms with Crippen LogP contribution in [0, 0.1) is 0 Å². The lowest BCUT2D eigenvalue weighted by atomic mass is 10.0. The third-order valence-corrected chi connectivity index (χ3v) is 5.05. The summed E-state index contributed by atoms with van der Waals surface area (Å²) in [5.74, 6) is -0.430. The Bertz CT molecular complexity index is 882. The van der Waals surface area contributed by atoms with Gasteiger partial charge in [0.05, 0.1) is 24.0 Å². The van der Waals surface area contributed by atoms with E-state index in [-0.39, 0.29) is 5.91 Å². The fourth-order valence-electron chi connectivity index (χ4n) is 2.95. The van der Waals surface area contributed by atoms with Crippen molar-refractivity contribution in [1.82, 2.24) is 0 Å². The lowest BCUT2D eigenvalue weighted by Crippen LogP contribution is -2.31. The number of nitrogens with zero attached hydrogens (tertiary/aromatic N) is 2. The largest absolute Gasteiger partial charge is 0.465 e. The Hall–Kier alpha value is -2.71. The van der Waals surface area contributed by atoms with Crippen LogP contribution in [-0.2, 0) is 27.2 Å². The molecule has 0 aromatic heterocycles. The van der Waals surface area contributed by atoms with Crippen molar-refractivity contribution >= 4 is 40.2 Å². The fraction of sp³-hybridized carbons (Fsp3) is 0.222. The summed E-state index contributed by atoms with van der Waals surface area (Å²) in [5.41, 5.74) is 3.07. The SMILES string of the molecule is COC(=O)c1ccc(N(c2ccc3c(c2)CCC(=O)N3C)S(=O)O)cc1. The number of hydrogen-bond donors (Lipinski definition) is 1. The minimum atomic E-state index is -2.30. The topological polar surface area (TPSA) is 87.2 Å². The van der Waals surface area contributed by atoms with Gasteiger partial charge < -0.3 is 9.64 Å². The Kier molecular flexibility index (Phi) is 5.06. The van der Waals surface area contributed by atoms with Crippen molar-refractivity contribution in [2.75, 3.05) is 23.4 Å². The highest BCUT2D eigenvalue weighted by molar-refractivity contribution is 7.81. The number of fused-ring (bicyclic) bond motifs is 1. The molecule has 0 saturated heterocycles. The summed E-state index contributed by atoms with van der Waals surface area (Å²) < 4.78 is 27.6. The minimum Gasteiger partial charge on any atom is -0.465 e. The lowest BCUT2D eigenvalue weighted by Gasteiger charge is -2.28. The van der Waals surface area contributed by atoms with Gasteiger partial charge >= 0.3 is 5.97 Å². The van der Waals surface area contributed by atoms with E-state index in [0.717, 1.165) is 11.3 Å². The lowest BCUT2D eigenvalue weighted by molar-refractivity contribution is -0.118. The normalized spacial score (nSPS) is 14.6. The van der Waals surface area contributed by atoms with Gasteiger partial charge in [-0.2, -0.15) is 0 Å². The highest BCUT2D eigenvalue weighted by Crippen LogP contribution is 2.34. The molecular formula is C18H18N2O5S. The molecule has 0 saturated carbocycles. The highest BCUT2D eigenvalue weighted by Gasteiger charge is 2.23. The summed E-state index contributed by atoms with van der Waals surface area (Å²) in [4.78, 5) is 24.9. The first-order valence-corrected chi connectivity index (χ1v) is 8.97. The number of benzene rings is 2. The molecule has 136 valence electrons. The molecule has 3 rings (SSSR count). The summed E-state index contributed by atoms with van der Waals surface area (Å²) in [7, 11) is 3.01. The van der Waals surface area contributed by atoms with Crippen LogP contribution in [0.3, 0.4) is 0 Å². The van der Waals surface area contributed by atoms with Gasteiger partial charge in [0.15, 0.2) is 0 Å². The molecule has 1 aliphatic heterocycles. The van der Waals surface area contributed by atoms with Crippen LogP contribution in [0.2, 0.25) is 0 Å². The van der Waals surface area contributed by atoms with Gasteiger partial charge in [-0.1, -0.05) is 0 Å². The van der Waals surface area contributed by atoms with Crippen LogP contribution in [0.4, 0.5) is 17.1 Å². The number of rotatable bonds is 4. The van der Waals surface area contributed by atoms with Crippen molar-refractivity contribution in [3.8, 4) is 0 Å². The standard InChI is InChI=1S/C18H18N2O5S/c1-19-16-9-8-15(11-13(16)5-10-17(19)21)20(26(23)24)14-6-3-12(4-7-14)18(22)25-2/h3-4,6-9,11H,5,10H2,1-2H3,(H,23,24). The molecule has 0 radical (unpaired) electrons. The molecule has 1 atom stereocenters. The summed E-state index contributed by atoms with van der Waals surface area (Å²) in [5, 5.41) is 0. The number of esters is 1. The van der Waals surface area contributed by atoms with Crippen LogP contribution in [0.25, 0.3) is 0 Å². The van der Waals surface area contributed by atoms with Gasteiger partial charge in [-0.25, -0.2) is 13.3 Å². The van der Waals surface area contributed by atoms with Crippen LogP contribution >= 0.6 is 0 Å². The van der Waals surface area contributed by atoms with Crippen molar-refractivity contribution in [1.29, 1.82) is 0 Å². The quantitative estimate of drug-likeness (QED) is 0.657. The van der Waals surface area contributed by atoms with E-state index in [9.17, 15) is 18.4 Å². The van der Waals surface area contributed by atoms with E-state index in [4.69, 9.17) is 0 Å². The van der Waals surface area contributed by atoms with E-state index < -0.39 is 17.2 Å². The van der Waals surface area contributed by atoms with Gasteiger partial charge in [-0.3, -0.25) is 9.35 Å². The van der Waals surface area contributed by atoms with Gasteiger partial charge in [0.25, 0.3) is 11.3 Å². The first-order valence-electron chi connectivity index (χ1n) is 7.91. The number of methoxy groups -OCH3 is 1. The van der Waals surface area contributed by atoms with Crippen molar-refractivity contribution in [2.24, 2.45) is 0 Å². The van der Waals surface area contributed by atoms with E-state index in [1.165, 1.54) is 23.5 Å². The van der Waals surface area contributed by atoms with Crippen LogP contribution in [0.5, 0.6) is 0 Å². The maximum atomic E-state index is 11.9. The second-order valence-corrected chi connectivity index (χ2v) is 6.66. The number of carbonyl (C=O) groups excluding carboxylic acids is 2. The molecule has 26 heavy (non-hydrogen) atoms. The van der Waals surface area contributed by atoms with Crippen molar-refractivity contribution in [3.05, 3.63) is 53.6 Å². The molecule has 0 aliphatic carbocycles. The molecule has 1 aliphatic rings. The fourth-order valence-corrected chi connectivity index (χ4v) is 3.55. The second-order valence-electron chi connectivity index (χ2n) is 5.83.